The monoisotopic (exact) mass is 385 g/mol. The number of hydrogen-bond donors (Lipinski definition) is 0. The van der Waals surface area contributed by atoms with E-state index in [2.05, 4.69) is 50.6 Å². The molecule has 8 nitrogen and oxygen atoms in total. The second-order valence-electron chi connectivity index (χ2n) is 8.54. The van der Waals surface area contributed by atoms with Gasteiger partial charge in [0.25, 0.3) is 5.56 Å². The Balaban J connectivity index is 1.46. The van der Waals surface area contributed by atoms with E-state index >= 15 is 0 Å². The molecule has 2 aromatic heterocycles. The summed E-state index contributed by atoms with van der Waals surface area (Å²) >= 11 is 0. The molecule has 8 heteroatoms. The van der Waals surface area contributed by atoms with E-state index < -0.39 is 0 Å². The van der Waals surface area contributed by atoms with Crippen molar-refractivity contribution in [3.63, 3.8) is 0 Å². The summed E-state index contributed by atoms with van der Waals surface area (Å²) in [4.78, 5) is 17.1. The van der Waals surface area contributed by atoms with Crippen molar-refractivity contribution in [2.75, 3.05) is 25.0 Å². The lowest BCUT2D eigenvalue weighted by atomic mass is 10.1. The molecule has 1 saturated carbocycles. The highest BCUT2D eigenvalue weighted by atomic mass is 16.1. The summed E-state index contributed by atoms with van der Waals surface area (Å²) in [6, 6.07) is 2.14. The van der Waals surface area contributed by atoms with Crippen LogP contribution in [0.5, 0.6) is 0 Å². The van der Waals surface area contributed by atoms with E-state index in [0.29, 0.717) is 12.0 Å². The van der Waals surface area contributed by atoms with Gasteiger partial charge < -0.3 is 9.47 Å². The molecule has 2 fully saturated rings. The molecule has 152 valence electrons. The molecular weight excluding hydrogens is 354 g/mol. The fourth-order valence-corrected chi connectivity index (χ4v) is 3.96. The third kappa shape index (κ3) is 3.83. The zero-order valence-corrected chi connectivity index (χ0v) is 17.4. The number of nitrogens with zero attached hydrogens (tertiary/aromatic N) is 7. The first-order valence-corrected chi connectivity index (χ1v) is 10.4. The number of rotatable bonds is 6. The van der Waals surface area contributed by atoms with E-state index in [1.54, 1.807) is 10.7 Å². The van der Waals surface area contributed by atoms with Crippen molar-refractivity contribution < 1.29 is 0 Å². The lowest BCUT2D eigenvalue weighted by molar-refractivity contribution is 0.155. The Morgan fingerprint density at radius 2 is 2.04 bits per heavy atom. The molecule has 0 bridgehead atoms. The number of likely N-dealkylation sites (tertiary alicyclic amines) is 1. The molecular formula is C20H31N7O. The van der Waals surface area contributed by atoms with E-state index in [1.807, 2.05) is 13.2 Å². The van der Waals surface area contributed by atoms with Crippen molar-refractivity contribution in [2.24, 2.45) is 7.05 Å². The molecule has 0 amide bonds. The standard InChI is InChI=1S/C20H31N7O/c1-14(2)24(3)17-10-19(28)27(21-11-17)16-6-5-9-26(12-16)13-18-22-23-20(25(18)4)15-7-8-15/h10-11,14-16H,5-9,12-13H2,1-4H3/t16-/m0/s1. The number of anilines is 1. The van der Waals surface area contributed by atoms with Gasteiger partial charge in [-0.1, -0.05) is 0 Å². The molecule has 1 aliphatic carbocycles. The van der Waals surface area contributed by atoms with Crippen LogP contribution in [0.25, 0.3) is 0 Å². The summed E-state index contributed by atoms with van der Waals surface area (Å²) < 4.78 is 3.82. The fraction of sp³-hybridized carbons (Fsp3) is 0.700. The predicted molar refractivity (Wildman–Crippen MR) is 109 cm³/mol. The smallest absolute Gasteiger partial charge is 0.269 e. The van der Waals surface area contributed by atoms with Crippen LogP contribution in [0.4, 0.5) is 5.69 Å². The first-order chi connectivity index (χ1) is 13.4. The molecule has 0 spiro atoms. The van der Waals surface area contributed by atoms with Gasteiger partial charge in [-0.2, -0.15) is 5.10 Å². The van der Waals surface area contributed by atoms with Crippen LogP contribution < -0.4 is 10.5 Å². The average Bonchev–Trinajstić information content (AvgIpc) is 3.46. The molecule has 0 unspecified atom stereocenters. The van der Waals surface area contributed by atoms with Crippen LogP contribution in [0, 0.1) is 0 Å². The molecule has 1 aliphatic heterocycles. The van der Waals surface area contributed by atoms with E-state index in [-0.39, 0.29) is 11.6 Å². The summed E-state index contributed by atoms with van der Waals surface area (Å²) in [5.41, 5.74) is 0.849. The predicted octanol–water partition coefficient (Wildman–Crippen LogP) is 1.93. The highest BCUT2D eigenvalue weighted by Crippen LogP contribution is 2.38. The van der Waals surface area contributed by atoms with Crippen molar-refractivity contribution in [1.82, 2.24) is 29.4 Å². The van der Waals surface area contributed by atoms with Gasteiger partial charge >= 0.3 is 0 Å². The molecule has 2 aliphatic rings. The third-order valence-electron chi connectivity index (χ3n) is 6.13. The van der Waals surface area contributed by atoms with E-state index in [1.165, 1.54) is 12.8 Å². The van der Waals surface area contributed by atoms with Crippen LogP contribution >= 0.6 is 0 Å². The molecule has 0 aromatic carbocycles. The molecule has 0 N–H and O–H groups in total. The van der Waals surface area contributed by atoms with Crippen LogP contribution in [0.1, 0.15) is 63.1 Å². The molecule has 3 heterocycles. The molecule has 0 radical (unpaired) electrons. The number of hydrogen-bond acceptors (Lipinski definition) is 6. The summed E-state index contributed by atoms with van der Waals surface area (Å²) in [7, 11) is 4.06. The van der Waals surface area contributed by atoms with Gasteiger partial charge in [0.15, 0.2) is 0 Å². The zero-order valence-electron chi connectivity index (χ0n) is 17.4. The normalized spacial score (nSPS) is 20.7. The molecule has 1 atom stereocenters. The summed E-state index contributed by atoms with van der Waals surface area (Å²) in [5.74, 6) is 2.73. The maximum absolute atomic E-state index is 12.7. The molecule has 1 saturated heterocycles. The number of aromatic nitrogens is 5. The quantitative estimate of drug-likeness (QED) is 0.757. The fourth-order valence-electron chi connectivity index (χ4n) is 3.96. The average molecular weight is 386 g/mol. The van der Waals surface area contributed by atoms with E-state index in [4.69, 9.17) is 0 Å². The van der Waals surface area contributed by atoms with Crippen LogP contribution in [-0.4, -0.2) is 55.6 Å². The second-order valence-corrected chi connectivity index (χ2v) is 8.54. The Bertz CT molecular complexity index is 883. The largest absolute Gasteiger partial charge is 0.371 e. The van der Waals surface area contributed by atoms with Gasteiger partial charge in [-0.15, -0.1) is 10.2 Å². The number of piperidine rings is 1. The molecule has 4 rings (SSSR count). The highest BCUT2D eigenvalue weighted by molar-refractivity contribution is 5.42. The topological polar surface area (TPSA) is 72.1 Å². The van der Waals surface area contributed by atoms with Gasteiger partial charge in [0.05, 0.1) is 24.5 Å². The maximum atomic E-state index is 12.7. The third-order valence-corrected chi connectivity index (χ3v) is 6.13. The van der Waals surface area contributed by atoms with Crippen LogP contribution in [0.2, 0.25) is 0 Å². The van der Waals surface area contributed by atoms with Gasteiger partial charge in [0.2, 0.25) is 0 Å². The van der Waals surface area contributed by atoms with Crippen molar-refractivity contribution in [1.29, 1.82) is 0 Å². The zero-order chi connectivity index (χ0) is 19.8. The van der Waals surface area contributed by atoms with Crippen molar-refractivity contribution in [2.45, 2.75) is 64.1 Å². The van der Waals surface area contributed by atoms with Crippen LogP contribution in [0.15, 0.2) is 17.1 Å². The van der Waals surface area contributed by atoms with Gasteiger partial charge in [0, 0.05) is 38.7 Å². The second kappa shape index (κ2) is 7.66. The summed E-state index contributed by atoms with van der Waals surface area (Å²) in [6.07, 6.45) is 6.31. The first kappa shape index (κ1) is 19.1. The Morgan fingerprint density at radius 1 is 1.25 bits per heavy atom. The summed E-state index contributed by atoms with van der Waals surface area (Å²) in [5, 5.41) is 13.3. The minimum atomic E-state index is -0.0217. The maximum Gasteiger partial charge on any atom is 0.269 e. The van der Waals surface area contributed by atoms with Crippen molar-refractivity contribution in [3.8, 4) is 0 Å². The van der Waals surface area contributed by atoms with Crippen LogP contribution in [-0.2, 0) is 13.6 Å². The summed E-state index contributed by atoms with van der Waals surface area (Å²) in [6.45, 7) is 6.82. The lowest BCUT2D eigenvalue weighted by Gasteiger charge is -2.32. The van der Waals surface area contributed by atoms with Crippen molar-refractivity contribution >= 4 is 5.69 Å². The lowest BCUT2D eigenvalue weighted by Crippen LogP contribution is -2.41. The van der Waals surface area contributed by atoms with E-state index in [0.717, 1.165) is 49.8 Å². The minimum Gasteiger partial charge on any atom is -0.371 e. The van der Waals surface area contributed by atoms with Crippen LogP contribution in [0.3, 0.4) is 0 Å². The Morgan fingerprint density at radius 3 is 2.71 bits per heavy atom. The van der Waals surface area contributed by atoms with Gasteiger partial charge in [-0.05, 0) is 46.1 Å². The molecule has 28 heavy (non-hydrogen) atoms. The Kier molecular flexibility index (Phi) is 5.23. The van der Waals surface area contributed by atoms with Gasteiger partial charge in [-0.3, -0.25) is 9.69 Å². The Hall–Kier alpha value is -2.22. The highest BCUT2D eigenvalue weighted by Gasteiger charge is 2.30. The van der Waals surface area contributed by atoms with Gasteiger partial charge in [-0.25, -0.2) is 4.68 Å². The van der Waals surface area contributed by atoms with Crippen molar-refractivity contribution in [3.05, 3.63) is 34.3 Å². The minimum absolute atomic E-state index is 0.0217. The first-order valence-electron chi connectivity index (χ1n) is 10.4. The Labute approximate surface area is 166 Å². The van der Waals surface area contributed by atoms with E-state index in [9.17, 15) is 4.79 Å². The van der Waals surface area contributed by atoms with Gasteiger partial charge in [0.1, 0.15) is 11.6 Å². The molecule has 2 aromatic rings. The SMILES string of the molecule is CC(C)N(C)c1cnn([C@H]2CCCN(Cc3nnc(C4CC4)n3C)C2)c(=O)c1.